The lowest BCUT2D eigenvalue weighted by atomic mass is 10.2. The van der Waals surface area contributed by atoms with Crippen LogP contribution in [0.5, 0.6) is 0 Å². The fourth-order valence-electron chi connectivity index (χ4n) is 1.79. The zero-order valence-corrected chi connectivity index (χ0v) is 7.62. The van der Waals surface area contributed by atoms with Gasteiger partial charge in [0.2, 0.25) is 5.88 Å². The molecule has 0 aromatic carbocycles. The van der Waals surface area contributed by atoms with E-state index in [9.17, 15) is 0 Å². The molecule has 0 unspecified atom stereocenters. The summed E-state index contributed by atoms with van der Waals surface area (Å²) in [5.41, 5.74) is 6.30. The molecule has 72 valence electrons. The van der Waals surface area contributed by atoms with Gasteiger partial charge in [-0.15, -0.1) is 0 Å². The minimum absolute atomic E-state index is 0.392. The summed E-state index contributed by atoms with van der Waals surface area (Å²) in [7, 11) is 0. The van der Waals surface area contributed by atoms with Gasteiger partial charge in [0, 0.05) is 18.7 Å². The highest BCUT2D eigenvalue weighted by Crippen LogP contribution is 2.18. The van der Waals surface area contributed by atoms with Crippen LogP contribution in [-0.2, 0) is 6.54 Å². The van der Waals surface area contributed by atoms with Crippen molar-refractivity contribution in [2.75, 3.05) is 5.73 Å². The van der Waals surface area contributed by atoms with Crippen LogP contribution in [0.3, 0.4) is 0 Å². The molecule has 0 bridgehead atoms. The highest BCUT2D eigenvalue weighted by atomic mass is 16.5. The summed E-state index contributed by atoms with van der Waals surface area (Å²) in [5.74, 6) is 0.392. The first-order valence-electron chi connectivity index (χ1n) is 4.79. The molecule has 0 spiro atoms. The number of nitrogen functional groups attached to an aromatic ring is 1. The van der Waals surface area contributed by atoms with Crippen LogP contribution in [0.4, 0.5) is 5.88 Å². The van der Waals surface area contributed by atoms with Crippen LogP contribution in [0.2, 0.25) is 0 Å². The molecule has 0 saturated heterocycles. The van der Waals surface area contributed by atoms with Crippen molar-refractivity contribution in [3.05, 3.63) is 11.8 Å². The number of nitrogens with two attached hydrogens (primary N) is 1. The zero-order chi connectivity index (χ0) is 9.10. The van der Waals surface area contributed by atoms with Crippen LogP contribution in [0.15, 0.2) is 10.6 Å². The molecule has 0 radical (unpaired) electrons. The average molecular weight is 181 g/mol. The Morgan fingerprint density at radius 3 is 2.92 bits per heavy atom. The van der Waals surface area contributed by atoms with Gasteiger partial charge in [-0.05, 0) is 12.8 Å². The van der Waals surface area contributed by atoms with Crippen molar-refractivity contribution in [3.8, 4) is 0 Å². The van der Waals surface area contributed by atoms with E-state index in [4.69, 9.17) is 10.3 Å². The molecule has 1 aromatic rings. The van der Waals surface area contributed by atoms with E-state index < -0.39 is 0 Å². The Morgan fingerprint density at radius 1 is 1.54 bits per heavy atom. The smallest absolute Gasteiger partial charge is 0.222 e. The molecule has 3 N–H and O–H groups in total. The molecule has 0 aliphatic heterocycles. The van der Waals surface area contributed by atoms with E-state index in [0.29, 0.717) is 11.9 Å². The predicted molar refractivity (Wildman–Crippen MR) is 50.0 cm³/mol. The third-order valence-electron chi connectivity index (χ3n) is 2.50. The van der Waals surface area contributed by atoms with Gasteiger partial charge in [-0.3, -0.25) is 0 Å². The number of hydrogen-bond acceptors (Lipinski definition) is 4. The average Bonchev–Trinajstić information content (AvgIpc) is 2.71. The SMILES string of the molecule is Nc1cc(CNC2CCCC2)no1. The summed E-state index contributed by atoms with van der Waals surface area (Å²) in [5, 5.41) is 7.25. The van der Waals surface area contributed by atoms with Gasteiger partial charge in [0.05, 0.1) is 5.69 Å². The van der Waals surface area contributed by atoms with Gasteiger partial charge in [-0.25, -0.2) is 0 Å². The van der Waals surface area contributed by atoms with Gasteiger partial charge in [0.25, 0.3) is 0 Å². The Balaban J connectivity index is 1.78. The minimum Gasteiger partial charge on any atom is -0.368 e. The van der Waals surface area contributed by atoms with Crippen LogP contribution in [0.25, 0.3) is 0 Å². The Kier molecular flexibility index (Phi) is 2.49. The Hall–Kier alpha value is -1.03. The first-order valence-corrected chi connectivity index (χ1v) is 4.79. The molecule has 0 atom stereocenters. The van der Waals surface area contributed by atoms with Gasteiger partial charge in [0.15, 0.2) is 0 Å². The molecule has 1 heterocycles. The lowest BCUT2D eigenvalue weighted by molar-refractivity contribution is 0.418. The van der Waals surface area contributed by atoms with Crippen LogP contribution in [-0.4, -0.2) is 11.2 Å². The van der Waals surface area contributed by atoms with E-state index in [2.05, 4.69) is 10.5 Å². The van der Waals surface area contributed by atoms with Gasteiger partial charge >= 0.3 is 0 Å². The van der Waals surface area contributed by atoms with E-state index in [1.165, 1.54) is 25.7 Å². The number of rotatable bonds is 3. The second-order valence-electron chi connectivity index (χ2n) is 3.58. The molecule has 1 aromatic heterocycles. The van der Waals surface area contributed by atoms with Crippen molar-refractivity contribution < 1.29 is 4.52 Å². The zero-order valence-electron chi connectivity index (χ0n) is 7.62. The van der Waals surface area contributed by atoms with Gasteiger partial charge in [-0.2, -0.15) is 0 Å². The monoisotopic (exact) mass is 181 g/mol. The number of anilines is 1. The van der Waals surface area contributed by atoms with Gasteiger partial charge in [-0.1, -0.05) is 18.0 Å². The maximum atomic E-state index is 5.41. The lowest BCUT2D eigenvalue weighted by Gasteiger charge is -2.08. The molecule has 0 amide bonds. The van der Waals surface area contributed by atoms with Crippen molar-refractivity contribution in [2.24, 2.45) is 0 Å². The topological polar surface area (TPSA) is 64.1 Å². The third-order valence-corrected chi connectivity index (χ3v) is 2.50. The van der Waals surface area contributed by atoms with Crippen LogP contribution < -0.4 is 11.1 Å². The Bertz CT molecular complexity index is 266. The van der Waals surface area contributed by atoms with Gasteiger partial charge in [0.1, 0.15) is 0 Å². The molecular formula is C9H15N3O. The number of nitrogens with zero attached hydrogens (tertiary/aromatic N) is 1. The second-order valence-corrected chi connectivity index (χ2v) is 3.58. The van der Waals surface area contributed by atoms with Crippen LogP contribution in [0.1, 0.15) is 31.4 Å². The molecule has 1 aliphatic rings. The number of nitrogens with one attached hydrogen (secondary N) is 1. The molecule has 1 fully saturated rings. The number of hydrogen-bond donors (Lipinski definition) is 2. The second kappa shape index (κ2) is 3.79. The summed E-state index contributed by atoms with van der Waals surface area (Å²) in [6.45, 7) is 0.769. The summed E-state index contributed by atoms with van der Waals surface area (Å²) in [6.07, 6.45) is 5.26. The summed E-state index contributed by atoms with van der Waals surface area (Å²) in [6, 6.07) is 2.43. The molecule has 2 rings (SSSR count). The molecular weight excluding hydrogens is 166 g/mol. The van der Waals surface area contributed by atoms with Crippen LogP contribution >= 0.6 is 0 Å². The van der Waals surface area contributed by atoms with E-state index in [-0.39, 0.29) is 0 Å². The Morgan fingerprint density at radius 2 is 2.31 bits per heavy atom. The normalized spacial score (nSPS) is 18.2. The molecule has 13 heavy (non-hydrogen) atoms. The molecule has 4 nitrogen and oxygen atoms in total. The quantitative estimate of drug-likeness (QED) is 0.737. The van der Waals surface area contributed by atoms with Crippen molar-refractivity contribution >= 4 is 5.88 Å². The highest BCUT2D eigenvalue weighted by molar-refractivity contribution is 5.24. The van der Waals surface area contributed by atoms with E-state index in [1.54, 1.807) is 6.07 Å². The standard InChI is InChI=1S/C9H15N3O/c10-9-5-8(12-13-9)6-11-7-3-1-2-4-7/h5,7,11H,1-4,6,10H2. The Labute approximate surface area is 77.5 Å². The van der Waals surface area contributed by atoms with E-state index >= 15 is 0 Å². The fourth-order valence-corrected chi connectivity index (χ4v) is 1.79. The predicted octanol–water partition coefficient (Wildman–Crippen LogP) is 1.29. The summed E-state index contributed by atoms with van der Waals surface area (Å²) < 4.78 is 4.77. The van der Waals surface area contributed by atoms with Gasteiger partial charge < -0.3 is 15.6 Å². The lowest BCUT2D eigenvalue weighted by Crippen LogP contribution is -2.25. The van der Waals surface area contributed by atoms with Crippen molar-refractivity contribution in [2.45, 2.75) is 38.3 Å². The highest BCUT2D eigenvalue weighted by Gasteiger charge is 2.14. The van der Waals surface area contributed by atoms with Crippen LogP contribution in [0, 0.1) is 0 Å². The molecule has 4 heteroatoms. The van der Waals surface area contributed by atoms with Crippen molar-refractivity contribution in [1.29, 1.82) is 0 Å². The van der Waals surface area contributed by atoms with Crippen molar-refractivity contribution in [1.82, 2.24) is 10.5 Å². The maximum Gasteiger partial charge on any atom is 0.222 e. The first kappa shape index (κ1) is 8.56. The summed E-state index contributed by atoms with van der Waals surface area (Å²) in [4.78, 5) is 0. The molecule has 1 aliphatic carbocycles. The van der Waals surface area contributed by atoms with E-state index in [0.717, 1.165) is 12.2 Å². The fraction of sp³-hybridized carbons (Fsp3) is 0.667. The van der Waals surface area contributed by atoms with Crippen molar-refractivity contribution in [3.63, 3.8) is 0 Å². The largest absolute Gasteiger partial charge is 0.368 e. The first-order chi connectivity index (χ1) is 6.34. The molecule has 1 saturated carbocycles. The maximum absolute atomic E-state index is 5.41. The van der Waals surface area contributed by atoms with E-state index in [1.807, 2.05) is 0 Å². The summed E-state index contributed by atoms with van der Waals surface area (Å²) >= 11 is 0. The minimum atomic E-state index is 0.392. The third kappa shape index (κ3) is 2.21. The number of aromatic nitrogens is 1.